The summed E-state index contributed by atoms with van der Waals surface area (Å²) in [6.07, 6.45) is 5.06. The Balaban J connectivity index is 2.11. The second-order valence-corrected chi connectivity index (χ2v) is 4.98. The van der Waals surface area contributed by atoms with E-state index in [2.05, 4.69) is 18.3 Å². The second kappa shape index (κ2) is 6.81. The van der Waals surface area contributed by atoms with Gasteiger partial charge in [0.1, 0.15) is 0 Å². The molecule has 1 heterocycles. The van der Waals surface area contributed by atoms with E-state index in [1.165, 1.54) is 11.1 Å². The van der Waals surface area contributed by atoms with E-state index in [9.17, 15) is 0 Å². The van der Waals surface area contributed by atoms with E-state index in [1.807, 2.05) is 24.5 Å². The minimum atomic E-state index is 0.329. The number of hydrogen-bond acceptors (Lipinski definition) is 2. The Morgan fingerprint density at radius 1 is 1.39 bits per heavy atom. The molecule has 3 heteroatoms. The molecule has 0 fully saturated rings. The molecule has 2 rings (SSSR count). The Morgan fingerprint density at radius 2 is 2.22 bits per heavy atom. The van der Waals surface area contributed by atoms with Gasteiger partial charge in [-0.1, -0.05) is 36.7 Å². The van der Waals surface area contributed by atoms with Gasteiger partial charge in [0.05, 0.1) is 12.9 Å². The van der Waals surface area contributed by atoms with Crippen molar-refractivity contribution in [3.8, 4) is 0 Å². The van der Waals surface area contributed by atoms with Crippen molar-refractivity contribution in [3.63, 3.8) is 0 Å². The first-order chi connectivity index (χ1) is 8.81. The van der Waals surface area contributed by atoms with Crippen LogP contribution < -0.4 is 5.32 Å². The van der Waals surface area contributed by atoms with Crippen molar-refractivity contribution in [1.82, 2.24) is 5.32 Å². The summed E-state index contributed by atoms with van der Waals surface area (Å²) in [4.78, 5) is 0. The van der Waals surface area contributed by atoms with Crippen molar-refractivity contribution in [3.05, 3.63) is 46.7 Å². The van der Waals surface area contributed by atoms with Crippen molar-refractivity contribution in [2.75, 3.05) is 13.2 Å². The molecule has 0 radical (unpaired) electrons. The van der Waals surface area contributed by atoms with Gasteiger partial charge in [0.15, 0.2) is 0 Å². The Hall–Kier alpha value is -0.990. The van der Waals surface area contributed by atoms with Crippen LogP contribution in [0.2, 0.25) is 5.02 Å². The van der Waals surface area contributed by atoms with Gasteiger partial charge >= 0.3 is 0 Å². The van der Waals surface area contributed by atoms with Gasteiger partial charge in [0.2, 0.25) is 0 Å². The predicted molar refractivity (Wildman–Crippen MR) is 75.9 cm³/mol. The van der Waals surface area contributed by atoms with Crippen LogP contribution in [-0.2, 0) is 11.2 Å². The molecule has 0 spiro atoms. The molecule has 1 aromatic rings. The van der Waals surface area contributed by atoms with Crippen LogP contribution in [0.15, 0.2) is 36.1 Å². The summed E-state index contributed by atoms with van der Waals surface area (Å²) in [5, 5.41) is 4.37. The number of rotatable bonds is 5. The highest BCUT2D eigenvalue weighted by Gasteiger charge is 2.17. The molecule has 0 aliphatic carbocycles. The summed E-state index contributed by atoms with van der Waals surface area (Å²) in [5.74, 6) is 0. The number of ether oxygens (including phenoxy) is 1. The molecule has 2 nitrogen and oxygen atoms in total. The average Bonchev–Trinajstić information content (AvgIpc) is 2.42. The largest absolute Gasteiger partial charge is 0.501 e. The highest BCUT2D eigenvalue weighted by Crippen LogP contribution is 2.22. The zero-order valence-electron chi connectivity index (χ0n) is 10.8. The lowest BCUT2D eigenvalue weighted by Crippen LogP contribution is -2.34. The number of nitrogens with one attached hydrogen (secondary N) is 1. The van der Waals surface area contributed by atoms with Crippen molar-refractivity contribution < 1.29 is 4.74 Å². The Kier molecular flexibility index (Phi) is 5.09. The molecule has 0 saturated carbocycles. The summed E-state index contributed by atoms with van der Waals surface area (Å²) in [5.41, 5.74) is 2.54. The molecule has 0 amide bonds. The number of benzene rings is 1. The van der Waals surface area contributed by atoms with Crippen molar-refractivity contribution in [2.45, 2.75) is 32.2 Å². The molecular formula is C15H20ClNO. The number of halogens is 1. The Bertz CT molecular complexity index is 417. The van der Waals surface area contributed by atoms with Gasteiger partial charge in [-0.25, -0.2) is 0 Å². The normalized spacial score (nSPS) is 16.9. The highest BCUT2D eigenvalue weighted by molar-refractivity contribution is 6.31. The lowest BCUT2D eigenvalue weighted by molar-refractivity contribution is 0.219. The van der Waals surface area contributed by atoms with Crippen molar-refractivity contribution >= 4 is 11.6 Å². The molecule has 1 aromatic carbocycles. The van der Waals surface area contributed by atoms with E-state index in [4.69, 9.17) is 16.3 Å². The summed E-state index contributed by atoms with van der Waals surface area (Å²) in [6.45, 7) is 3.92. The minimum Gasteiger partial charge on any atom is -0.501 e. The third kappa shape index (κ3) is 3.50. The van der Waals surface area contributed by atoms with Gasteiger partial charge in [0.25, 0.3) is 0 Å². The zero-order chi connectivity index (χ0) is 12.8. The standard InChI is InChI=1S/C15H20ClNO/c1-2-17-15(13-7-5-9-18-11-13)10-12-6-3-4-8-14(12)16/h3-4,6,8,11,15,17H,2,5,7,9-10H2,1H3. The Labute approximate surface area is 114 Å². The summed E-state index contributed by atoms with van der Waals surface area (Å²) < 4.78 is 5.44. The second-order valence-electron chi connectivity index (χ2n) is 4.57. The molecule has 0 aromatic heterocycles. The zero-order valence-corrected chi connectivity index (χ0v) is 11.5. The molecule has 1 aliphatic heterocycles. The third-order valence-electron chi connectivity index (χ3n) is 3.24. The predicted octanol–water partition coefficient (Wildman–Crippen LogP) is 3.55. The maximum atomic E-state index is 6.23. The van der Waals surface area contributed by atoms with Crippen LogP contribution in [0, 0.1) is 0 Å². The van der Waals surface area contributed by atoms with Gasteiger partial charge in [-0.15, -0.1) is 0 Å². The minimum absolute atomic E-state index is 0.329. The number of hydrogen-bond donors (Lipinski definition) is 1. The van der Waals surface area contributed by atoms with Gasteiger partial charge in [-0.05, 0) is 43.0 Å². The fourth-order valence-corrected chi connectivity index (χ4v) is 2.52. The van der Waals surface area contributed by atoms with Crippen LogP contribution in [0.1, 0.15) is 25.3 Å². The van der Waals surface area contributed by atoms with Crippen LogP contribution in [0.4, 0.5) is 0 Å². The van der Waals surface area contributed by atoms with Crippen LogP contribution in [-0.4, -0.2) is 19.2 Å². The molecule has 1 unspecified atom stereocenters. The van der Waals surface area contributed by atoms with Gasteiger partial charge in [-0.2, -0.15) is 0 Å². The van der Waals surface area contributed by atoms with E-state index in [0.29, 0.717) is 6.04 Å². The van der Waals surface area contributed by atoms with E-state index in [0.717, 1.165) is 37.4 Å². The monoisotopic (exact) mass is 265 g/mol. The van der Waals surface area contributed by atoms with Crippen LogP contribution >= 0.6 is 11.6 Å². The van der Waals surface area contributed by atoms with E-state index >= 15 is 0 Å². The van der Waals surface area contributed by atoms with E-state index in [1.54, 1.807) is 0 Å². The first kappa shape index (κ1) is 13.4. The van der Waals surface area contributed by atoms with Gasteiger partial charge in [-0.3, -0.25) is 0 Å². The van der Waals surface area contributed by atoms with Crippen molar-refractivity contribution in [1.29, 1.82) is 0 Å². The molecule has 18 heavy (non-hydrogen) atoms. The average molecular weight is 266 g/mol. The lowest BCUT2D eigenvalue weighted by atomic mass is 9.95. The van der Waals surface area contributed by atoms with Crippen molar-refractivity contribution in [2.24, 2.45) is 0 Å². The molecule has 98 valence electrons. The van der Waals surface area contributed by atoms with E-state index in [-0.39, 0.29) is 0 Å². The molecule has 1 aliphatic rings. The molecule has 1 atom stereocenters. The van der Waals surface area contributed by atoms with Gasteiger partial charge < -0.3 is 10.1 Å². The summed E-state index contributed by atoms with van der Waals surface area (Å²) in [7, 11) is 0. The van der Waals surface area contributed by atoms with E-state index < -0.39 is 0 Å². The fraction of sp³-hybridized carbons (Fsp3) is 0.467. The lowest BCUT2D eigenvalue weighted by Gasteiger charge is -2.24. The first-order valence-electron chi connectivity index (χ1n) is 6.58. The molecule has 0 bridgehead atoms. The van der Waals surface area contributed by atoms with Crippen LogP contribution in [0.3, 0.4) is 0 Å². The SMILES string of the molecule is CCNC(Cc1ccccc1Cl)C1=COCCC1. The van der Waals surface area contributed by atoms with Crippen LogP contribution in [0.5, 0.6) is 0 Å². The summed E-state index contributed by atoms with van der Waals surface area (Å²) in [6, 6.07) is 8.38. The number of likely N-dealkylation sites (N-methyl/N-ethyl adjacent to an activating group) is 1. The Morgan fingerprint density at radius 3 is 2.89 bits per heavy atom. The molecule has 1 N–H and O–H groups in total. The van der Waals surface area contributed by atoms with Crippen LogP contribution in [0.25, 0.3) is 0 Å². The highest BCUT2D eigenvalue weighted by atomic mass is 35.5. The molecular weight excluding hydrogens is 246 g/mol. The maximum absolute atomic E-state index is 6.23. The smallest absolute Gasteiger partial charge is 0.0876 e. The third-order valence-corrected chi connectivity index (χ3v) is 3.61. The topological polar surface area (TPSA) is 21.3 Å². The molecule has 0 saturated heterocycles. The fourth-order valence-electron chi connectivity index (χ4n) is 2.31. The maximum Gasteiger partial charge on any atom is 0.0876 e. The quantitative estimate of drug-likeness (QED) is 0.879. The van der Waals surface area contributed by atoms with Gasteiger partial charge in [0, 0.05) is 11.1 Å². The summed E-state index contributed by atoms with van der Waals surface area (Å²) >= 11 is 6.23. The first-order valence-corrected chi connectivity index (χ1v) is 6.96.